The van der Waals surface area contributed by atoms with Crippen LogP contribution < -0.4 is 0 Å². The van der Waals surface area contributed by atoms with Crippen LogP contribution in [-0.2, 0) is 0 Å². The topological polar surface area (TPSA) is 25.8 Å². The van der Waals surface area contributed by atoms with Crippen LogP contribution in [0.1, 0.15) is 0 Å². The molecule has 0 N–H and O–H groups in total. The predicted molar refractivity (Wildman–Crippen MR) is 77.9 cm³/mol. The van der Waals surface area contributed by atoms with Crippen LogP contribution in [0.3, 0.4) is 0 Å². The van der Waals surface area contributed by atoms with E-state index < -0.39 is 0 Å². The minimum absolute atomic E-state index is 0.563. The van der Waals surface area contributed by atoms with Crippen molar-refractivity contribution in [1.82, 2.24) is 9.97 Å². The lowest BCUT2D eigenvalue weighted by atomic mass is 10.0. The fourth-order valence-corrected chi connectivity index (χ4v) is 2.22. The van der Waals surface area contributed by atoms with E-state index in [0.29, 0.717) is 5.02 Å². The van der Waals surface area contributed by atoms with E-state index in [9.17, 15) is 0 Å². The maximum atomic E-state index is 6.13. The van der Waals surface area contributed by atoms with Crippen LogP contribution in [0.4, 0.5) is 0 Å². The van der Waals surface area contributed by atoms with E-state index in [2.05, 4.69) is 34.2 Å². The maximum absolute atomic E-state index is 6.13. The summed E-state index contributed by atoms with van der Waals surface area (Å²) < 4.78 is 0. The molecule has 0 radical (unpaired) electrons. The van der Waals surface area contributed by atoms with Crippen molar-refractivity contribution in [2.24, 2.45) is 0 Å². The Morgan fingerprint density at radius 3 is 2.32 bits per heavy atom. The summed E-state index contributed by atoms with van der Waals surface area (Å²) >= 11 is 6.13. The average molecular weight is 267 g/mol. The van der Waals surface area contributed by atoms with Crippen molar-refractivity contribution in [3.05, 3.63) is 72.1 Å². The lowest BCUT2D eigenvalue weighted by Gasteiger charge is -2.06. The van der Waals surface area contributed by atoms with Crippen molar-refractivity contribution >= 4 is 11.6 Å². The summed E-state index contributed by atoms with van der Waals surface area (Å²) in [5, 5.41) is 0.563. The minimum atomic E-state index is 0.563. The quantitative estimate of drug-likeness (QED) is 0.684. The van der Waals surface area contributed by atoms with Gasteiger partial charge in [0.15, 0.2) is 0 Å². The van der Waals surface area contributed by atoms with Crippen LogP contribution in [0.25, 0.3) is 22.4 Å². The number of aromatic nitrogens is 2. The van der Waals surface area contributed by atoms with E-state index in [1.807, 2.05) is 30.3 Å². The largest absolute Gasteiger partial charge is 0.243 e. The van der Waals surface area contributed by atoms with Gasteiger partial charge in [0.1, 0.15) is 6.33 Å². The molecule has 0 bridgehead atoms. The molecule has 0 aliphatic heterocycles. The van der Waals surface area contributed by atoms with Crippen LogP contribution >= 0.6 is 11.6 Å². The van der Waals surface area contributed by atoms with Crippen LogP contribution in [0.15, 0.2) is 67.1 Å². The predicted octanol–water partition coefficient (Wildman–Crippen LogP) is 4.46. The van der Waals surface area contributed by atoms with Crippen LogP contribution in [0.2, 0.25) is 5.02 Å². The van der Waals surface area contributed by atoms with Gasteiger partial charge in [-0.2, -0.15) is 0 Å². The molecule has 3 rings (SSSR count). The van der Waals surface area contributed by atoms with Gasteiger partial charge in [0.2, 0.25) is 0 Å². The molecular formula is C16H11ClN2. The second-order valence-electron chi connectivity index (χ2n) is 4.17. The summed E-state index contributed by atoms with van der Waals surface area (Å²) in [5.41, 5.74) is 4.07. The van der Waals surface area contributed by atoms with E-state index in [-0.39, 0.29) is 0 Å². The summed E-state index contributed by atoms with van der Waals surface area (Å²) in [7, 11) is 0. The van der Waals surface area contributed by atoms with Gasteiger partial charge >= 0.3 is 0 Å². The first-order valence-corrected chi connectivity index (χ1v) is 6.34. The molecule has 92 valence electrons. The van der Waals surface area contributed by atoms with Crippen molar-refractivity contribution in [3.8, 4) is 22.4 Å². The fraction of sp³-hybridized carbons (Fsp3) is 0. The Morgan fingerprint density at radius 1 is 0.789 bits per heavy atom. The molecule has 3 heteroatoms. The molecule has 0 spiro atoms. The van der Waals surface area contributed by atoms with Crippen molar-refractivity contribution < 1.29 is 0 Å². The third-order valence-corrected chi connectivity index (χ3v) is 3.19. The standard InChI is InChI=1S/C16H11ClN2/c17-15-10-18-11-19-16(15)14-8-4-7-13(9-14)12-5-2-1-3-6-12/h1-11H. The Balaban J connectivity index is 2.09. The number of nitrogens with zero attached hydrogens (tertiary/aromatic N) is 2. The number of hydrogen-bond donors (Lipinski definition) is 0. The van der Waals surface area contributed by atoms with Gasteiger partial charge in [0.05, 0.1) is 10.7 Å². The van der Waals surface area contributed by atoms with Crippen molar-refractivity contribution in [1.29, 1.82) is 0 Å². The monoisotopic (exact) mass is 266 g/mol. The highest BCUT2D eigenvalue weighted by Crippen LogP contribution is 2.28. The Bertz CT molecular complexity index is 696. The second-order valence-corrected chi connectivity index (χ2v) is 4.57. The Morgan fingerprint density at radius 2 is 1.53 bits per heavy atom. The maximum Gasteiger partial charge on any atom is 0.116 e. The van der Waals surface area contributed by atoms with E-state index in [4.69, 9.17) is 11.6 Å². The molecular weight excluding hydrogens is 256 g/mol. The van der Waals surface area contributed by atoms with Crippen LogP contribution in [-0.4, -0.2) is 9.97 Å². The van der Waals surface area contributed by atoms with Gasteiger partial charge < -0.3 is 0 Å². The Hall–Kier alpha value is -2.19. The molecule has 0 aliphatic carbocycles. The molecule has 1 aromatic heterocycles. The normalized spacial score (nSPS) is 10.4. The van der Waals surface area contributed by atoms with Gasteiger partial charge in [-0.25, -0.2) is 9.97 Å². The zero-order valence-electron chi connectivity index (χ0n) is 10.1. The fourth-order valence-electron chi connectivity index (χ4n) is 2.00. The zero-order chi connectivity index (χ0) is 13.1. The molecule has 0 unspecified atom stereocenters. The molecule has 1 heterocycles. The van der Waals surface area contributed by atoms with E-state index in [1.54, 1.807) is 6.20 Å². The molecule has 0 atom stereocenters. The third-order valence-electron chi connectivity index (χ3n) is 2.91. The highest BCUT2D eigenvalue weighted by molar-refractivity contribution is 6.32. The molecule has 0 saturated carbocycles. The van der Waals surface area contributed by atoms with E-state index in [1.165, 1.54) is 11.9 Å². The molecule has 0 saturated heterocycles. The highest BCUT2D eigenvalue weighted by Gasteiger charge is 2.06. The molecule has 0 amide bonds. The lowest BCUT2D eigenvalue weighted by molar-refractivity contribution is 1.17. The average Bonchev–Trinajstić information content (AvgIpc) is 2.49. The van der Waals surface area contributed by atoms with Gasteiger partial charge in [0.25, 0.3) is 0 Å². The third kappa shape index (κ3) is 2.49. The first-order valence-electron chi connectivity index (χ1n) is 5.96. The molecule has 2 aromatic carbocycles. The summed E-state index contributed by atoms with van der Waals surface area (Å²) in [4.78, 5) is 8.15. The van der Waals surface area contributed by atoms with Crippen LogP contribution in [0.5, 0.6) is 0 Å². The minimum Gasteiger partial charge on any atom is -0.243 e. The van der Waals surface area contributed by atoms with E-state index in [0.717, 1.165) is 16.8 Å². The molecule has 3 aromatic rings. The van der Waals surface area contributed by atoms with Gasteiger partial charge in [0, 0.05) is 11.8 Å². The number of halogens is 1. The summed E-state index contributed by atoms with van der Waals surface area (Å²) in [6, 6.07) is 18.4. The van der Waals surface area contributed by atoms with Crippen molar-refractivity contribution in [3.63, 3.8) is 0 Å². The lowest BCUT2D eigenvalue weighted by Crippen LogP contribution is -1.87. The smallest absolute Gasteiger partial charge is 0.116 e. The van der Waals surface area contributed by atoms with Gasteiger partial charge in [-0.1, -0.05) is 60.1 Å². The summed E-state index contributed by atoms with van der Waals surface area (Å²) in [6.45, 7) is 0. The van der Waals surface area contributed by atoms with Crippen molar-refractivity contribution in [2.45, 2.75) is 0 Å². The summed E-state index contributed by atoms with van der Waals surface area (Å²) in [5.74, 6) is 0. The Labute approximate surface area is 116 Å². The number of hydrogen-bond acceptors (Lipinski definition) is 2. The second kappa shape index (κ2) is 5.21. The Kier molecular flexibility index (Phi) is 3.25. The number of rotatable bonds is 2. The van der Waals surface area contributed by atoms with Crippen LogP contribution in [0, 0.1) is 0 Å². The first kappa shape index (κ1) is 11.9. The van der Waals surface area contributed by atoms with Gasteiger partial charge in [-0.3, -0.25) is 0 Å². The first-order chi connectivity index (χ1) is 9.34. The van der Waals surface area contributed by atoms with Gasteiger partial charge in [-0.05, 0) is 17.2 Å². The highest BCUT2D eigenvalue weighted by atomic mass is 35.5. The molecule has 0 aliphatic rings. The van der Waals surface area contributed by atoms with Gasteiger partial charge in [-0.15, -0.1) is 0 Å². The molecule has 2 nitrogen and oxygen atoms in total. The van der Waals surface area contributed by atoms with E-state index >= 15 is 0 Å². The SMILES string of the molecule is Clc1cncnc1-c1cccc(-c2ccccc2)c1. The molecule has 0 fully saturated rings. The zero-order valence-corrected chi connectivity index (χ0v) is 10.9. The van der Waals surface area contributed by atoms with Crippen molar-refractivity contribution in [2.75, 3.05) is 0 Å². The summed E-state index contributed by atoms with van der Waals surface area (Å²) in [6.07, 6.45) is 3.12. The molecule has 19 heavy (non-hydrogen) atoms. The number of benzene rings is 2.